The van der Waals surface area contributed by atoms with Gasteiger partial charge in [-0.15, -0.1) is 0 Å². The number of aromatic amines is 1. The first kappa shape index (κ1) is 9.66. The van der Waals surface area contributed by atoms with E-state index in [4.69, 9.17) is 5.26 Å². The maximum Gasteiger partial charge on any atom is 0.166 e. The molecule has 0 aromatic carbocycles. The Morgan fingerprint density at radius 1 is 1.53 bits per heavy atom. The lowest BCUT2D eigenvalue weighted by atomic mass is 10.2. The molecule has 15 heavy (non-hydrogen) atoms. The highest BCUT2D eigenvalue weighted by Crippen LogP contribution is 2.18. The van der Waals surface area contributed by atoms with Crippen LogP contribution in [0.5, 0.6) is 0 Å². The molecule has 0 saturated carbocycles. The summed E-state index contributed by atoms with van der Waals surface area (Å²) in [6.07, 6.45) is 3.63. The fourth-order valence-electron chi connectivity index (χ4n) is 1.61. The van der Waals surface area contributed by atoms with Gasteiger partial charge in [0.1, 0.15) is 17.4 Å². The Balaban J connectivity index is 2.68. The number of hydrogen-bond acceptors (Lipinski definition) is 3. The number of nitrogens with zero attached hydrogens (tertiary/aromatic N) is 3. The van der Waals surface area contributed by atoms with Crippen LogP contribution in [0.3, 0.4) is 0 Å². The van der Waals surface area contributed by atoms with Crippen LogP contribution in [-0.4, -0.2) is 15.0 Å². The largest absolute Gasteiger partial charge is 0.340 e. The molecule has 0 radical (unpaired) electrons. The molecule has 0 spiro atoms. The second kappa shape index (κ2) is 3.70. The zero-order chi connectivity index (χ0) is 10.8. The number of aromatic nitrogens is 3. The third-order valence-electron chi connectivity index (χ3n) is 2.34. The summed E-state index contributed by atoms with van der Waals surface area (Å²) in [6, 6.07) is 2.07. The summed E-state index contributed by atoms with van der Waals surface area (Å²) in [5.74, 6) is 0.931. The molecule has 1 N–H and O–H groups in total. The molecule has 76 valence electrons. The van der Waals surface area contributed by atoms with Crippen molar-refractivity contribution in [3.8, 4) is 6.07 Å². The smallest absolute Gasteiger partial charge is 0.166 e. The van der Waals surface area contributed by atoms with Gasteiger partial charge in [0.25, 0.3) is 0 Å². The highest BCUT2D eigenvalue weighted by molar-refractivity contribution is 5.82. The number of nitriles is 1. The van der Waals surface area contributed by atoms with E-state index >= 15 is 0 Å². The van der Waals surface area contributed by atoms with Gasteiger partial charge in [0.2, 0.25) is 0 Å². The number of nitrogens with one attached hydrogen (secondary N) is 1. The fourth-order valence-corrected chi connectivity index (χ4v) is 1.61. The minimum atomic E-state index is 0.422. The molecule has 0 amide bonds. The van der Waals surface area contributed by atoms with Crippen molar-refractivity contribution in [2.45, 2.75) is 26.7 Å². The zero-order valence-corrected chi connectivity index (χ0v) is 8.83. The van der Waals surface area contributed by atoms with Crippen LogP contribution in [0.25, 0.3) is 11.0 Å². The van der Waals surface area contributed by atoms with Crippen LogP contribution in [0.2, 0.25) is 0 Å². The summed E-state index contributed by atoms with van der Waals surface area (Å²) in [5.41, 5.74) is 3.05. The van der Waals surface area contributed by atoms with E-state index in [2.05, 4.69) is 27.9 Å². The van der Waals surface area contributed by atoms with Gasteiger partial charge in [-0.2, -0.15) is 5.26 Å². The Kier molecular flexibility index (Phi) is 2.38. The summed E-state index contributed by atoms with van der Waals surface area (Å²) < 4.78 is 0. The first-order chi connectivity index (χ1) is 7.26. The van der Waals surface area contributed by atoms with Crippen LogP contribution in [0, 0.1) is 18.3 Å². The molecule has 0 atom stereocenters. The topological polar surface area (TPSA) is 65.4 Å². The van der Waals surface area contributed by atoms with Crippen LogP contribution in [0.4, 0.5) is 0 Å². The predicted octanol–water partition coefficient (Wildman–Crippen LogP) is 2.09. The van der Waals surface area contributed by atoms with Gasteiger partial charge < -0.3 is 4.98 Å². The number of aryl methyl sites for hydroxylation is 2. The van der Waals surface area contributed by atoms with E-state index in [1.54, 1.807) is 6.20 Å². The molecule has 0 bridgehead atoms. The molecular weight excluding hydrogens is 188 g/mol. The van der Waals surface area contributed by atoms with E-state index in [0.29, 0.717) is 5.69 Å². The molecule has 0 aliphatic heterocycles. The van der Waals surface area contributed by atoms with Gasteiger partial charge >= 0.3 is 0 Å². The third kappa shape index (κ3) is 1.57. The lowest BCUT2D eigenvalue weighted by Gasteiger charge is -1.93. The highest BCUT2D eigenvalue weighted by atomic mass is 14.9. The number of imidazole rings is 1. The van der Waals surface area contributed by atoms with Gasteiger partial charge in [-0.1, -0.05) is 6.92 Å². The lowest BCUT2D eigenvalue weighted by Crippen LogP contribution is -1.87. The molecule has 0 aliphatic rings. The SMILES string of the molecule is CCCc1nc2c(C)cnc(C#N)c2[nH]1. The lowest BCUT2D eigenvalue weighted by molar-refractivity contribution is 0.861. The summed E-state index contributed by atoms with van der Waals surface area (Å²) in [6.45, 7) is 4.05. The zero-order valence-electron chi connectivity index (χ0n) is 8.83. The number of hydrogen-bond donors (Lipinski definition) is 1. The summed E-state index contributed by atoms with van der Waals surface area (Å²) in [4.78, 5) is 11.7. The number of H-pyrrole nitrogens is 1. The normalized spacial score (nSPS) is 10.5. The molecule has 4 nitrogen and oxygen atoms in total. The molecular formula is C11H12N4. The first-order valence-electron chi connectivity index (χ1n) is 5.00. The highest BCUT2D eigenvalue weighted by Gasteiger charge is 2.09. The third-order valence-corrected chi connectivity index (χ3v) is 2.34. The quantitative estimate of drug-likeness (QED) is 0.807. The van der Waals surface area contributed by atoms with Gasteiger partial charge in [-0.3, -0.25) is 0 Å². The minimum absolute atomic E-state index is 0.422. The van der Waals surface area contributed by atoms with Crippen molar-refractivity contribution < 1.29 is 0 Å². The fraction of sp³-hybridized carbons (Fsp3) is 0.364. The predicted molar refractivity (Wildman–Crippen MR) is 57.3 cm³/mol. The average molecular weight is 200 g/mol. The summed E-state index contributed by atoms with van der Waals surface area (Å²) in [5, 5.41) is 8.91. The van der Waals surface area contributed by atoms with E-state index in [9.17, 15) is 0 Å². The molecule has 4 heteroatoms. The van der Waals surface area contributed by atoms with Crippen molar-refractivity contribution in [3.63, 3.8) is 0 Å². The number of rotatable bonds is 2. The van der Waals surface area contributed by atoms with Crippen molar-refractivity contribution in [2.24, 2.45) is 0 Å². The molecule has 0 unspecified atom stereocenters. The van der Waals surface area contributed by atoms with E-state index in [1.807, 2.05) is 6.92 Å². The van der Waals surface area contributed by atoms with E-state index in [-0.39, 0.29) is 0 Å². The van der Waals surface area contributed by atoms with Crippen LogP contribution >= 0.6 is 0 Å². The maximum absolute atomic E-state index is 8.91. The Hall–Kier alpha value is -1.89. The number of fused-ring (bicyclic) bond motifs is 1. The Morgan fingerprint density at radius 3 is 3.00 bits per heavy atom. The van der Waals surface area contributed by atoms with E-state index in [1.165, 1.54) is 0 Å². The van der Waals surface area contributed by atoms with Crippen LogP contribution < -0.4 is 0 Å². The van der Waals surface area contributed by atoms with Crippen LogP contribution in [0.15, 0.2) is 6.20 Å². The van der Waals surface area contributed by atoms with Crippen molar-refractivity contribution in [1.29, 1.82) is 5.26 Å². The van der Waals surface area contributed by atoms with Crippen molar-refractivity contribution in [3.05, 3.63) is 23.3 Å². The van der Waals surface area contributed by atoms with Crippen LogP contribution in [0.1, 0.15) is 30.4 Å². The Labute approximate surface area is 88.0 Å². The van der Waals surface area contributed by atoms with E-state index < -0.39 is 0 Å². The van der Waals surface area contributed by atoms with Gasteiger partial charge in [-0.25, -0.2) is 9.97 Å². The van der Waals surface area contributed by atoms with Gasteiger partial charge in [-0.05, 0) is 18.9 Å². The monoisotopic (exact) mass is 200 g/mol. The molecule has 0 saturated heterocycles. The average Bonchev–Trinajstić information content (AvgIpc) is 2.64. The van der Waals surface area contributed by atoms with E-state index in [0.717, 1.165) is 35.3 Å². The Morgan fingerprint density at radius 2 is 2.33 bits per heavy atom. The maximum atomic E-state index is 8.91. The van der Waals surface area contributed by atoms with Gasteiger partial charge in [0.05, 0.1) is 5.52 Å². The number of pyridine rings is 1. The second-order valence-corrected chi connectivity index (χ2v) is 3.56. The molecule has 0 aliphatic carbocycles. The van der Waals surface area contributed by atoms with Gasteiger partial charge in [0.15, 0.2) is 5.69 Å². The minimum Gasteiger partial charge on any atom is -0.340 e. The first-order valence-corrected chi connectivity index (χ1v) is 5.00. The van der Waals surface area contributed by atoms with Crippen molar-refractivity contribution in [1.82, 2.24) is 15.0 Å². The van der Waals surface area contributed by atoms with Crippen molar-refractivity contribution in [2.75, 3.05) is 0 Å². The Bertz CT molecular complexity index is 533. The second-order valence-electron chi connectivity index (χ2n) is 3.56. The standard InChI is InChI=1S/C11H12N4/c1-3-4-9-14-10-7(2)6-13-8(5-12)11(10)15-9/h6H,3-4H2,1-2H3,(H,14,15). The molecule has 2 rings (SSSR count). The molecule has 2 aromatic heterocycles. The summed E-state index contributed by atoms with van der Waals surface area (Å²) >= 11 is 0. The van der Waals surface area contributed by atoms with Gasteiger partial charge in [0, 0.05) is 12.6 Å². The molecule has 2 aromatic rings. The molecule has 2 heterocycles. The van der Waals surface area contributed by atoms with Crippen LogP contribution in [-0.2, 0) is 6.42 Å². The van der Waals surface area contributed by atoms with Crippen molar-refractivity contribution >= 4 is 11.0 Å². The summed E-state index contributed by atoms with van der Waals surface area (Å²) in [7, 11) is 0. The molecule has 0 fully saturated rings.